The lowest BCUT2D eigenvalue weighted by atomic mass is 10.0. The van der Waals surface area contributed by atoms with Gasteiger partial charge < -0.3 is 20.3 Å². The van der Waals surface area contributed by atoms with Gasteiger partial charge in [-0.2, -0.15) is 0 Å². The maximum absolute atomic E-state index is 11.8. The molecule has 1 unspecified atom stereocenters. The number of halogens is 1. The van der Waals surface area contributed by atoms with Crippen LogP contribution in [0.1, 0.15) is 51.2 Å². The normalized spacial score (nSPS) is 15.4. The highest BCUT2D eigenvalue weighted by molar-refractivity contribution is 14.0. The van der Waals surface area contributed by atoms with Gasteiger partial charge in [0.05, 0.1) is 6.10 Å². The van der Waals surface area contributed by atoms with Gasteiger partial charge in [0.1, 0.15) is 0 Å². The van der Waals surface area contributed by atoms with Crippen molar-refractivity contribution in [1.29, 1.82) is 0 Å². The van der Waals surface area contributed by atoms with Gasteiger partial charge in [-0.3, -0.25) is 9.79 Å². The summed E-state index contributed by atoms with van der Waals surface area (Å²) < 4.78 is 5.80. The second-order valence-corrected chi connectivity index (χ2v) is 7.62. The molecule has 29 heavy (non-hydrogen) atoms. The van der Waals surface area contributed by atoms with Crippen LogP contribution in [-0.4, -0.2) is 49.6 Å². The lowest BCUT2D eigenvalue weighted by Crippen LogP contribution is -2.39. The lowest BCUT2D eigenvalue weighted by Gasteiger charge is -2.21. The van der Waals surface area contributed by atoms with Gasteiger partial charge in [-0.05, 0) is 36.8 Å². The summed E-state index contributed by atoms with van der Waals surface area (Å²) in [7, 11) is 1.78. The van der Waals surface area contributed by atoms with E-state index in [-0.39, 0.29) is 36.0 Å². The van der Waals surface area contributed by atoms with E-state index in [0.29, 0.717) is 25.4 Å². The molecule has 0 saturated carbocycles. The van der Waals surface area contributed by atoms with Gasteiger partial charge in [-0.15, -0.1) is 24.0 Å². The number of likely N-dealkylation sites (tertiary alicyclic amines) is 1. The number of guanidine groups is 1. The number of rotatable bonds is 10. The number of benzene rings is 1. The van der Waals surface area contributed by atoms with Gasteiger partial charge in [0.25, 0.3) is 0 Å². The van der Waals surface area contributed by atoms with E-state index >= 15 is 0 Å². The Labute approximate surface area is 192 Å². The van der Waals surface area contributed by atoms with E-state index < -0.39 is 0 Å². The van der Waals surface area contributed by atoms with Crippen LogP contribution in [0, 0.1) is 5.92 Å². The molecule has 1 aromatic carbocycles. The van der Waals surface area contributed by atoms with Gasteiger partial charge in [0.15, 0.2) is 5.96 Å². The van der Waals surface area contributed by atoms with Crippen LogP contribution in [0.5, 0.6) is 0 Å². The summed E-state index contributed by atoms with van der Waals surface area (Å²) in [5, 5.41) is 6.74. The predicted molar refractivity (Wildman–Crippen MR) is 130 cm³/mol. The standard InChI is InChI=1S/C22H36N4O2.HI/c1-5-28-20(17(2)3)11-12-24-22(23-4)25-15-18-8-6-9-19(14-18)16-26-13-7-10-21(26)27;/h6,8-9,14,17,20H,5,7,10-13,15-16H2,1-4H3,(H2,23,24,25);1H. The molecule has 1 heterocycles. The van der Waals surface area contributed by atoms with Crippen molar-refractivity contribution in [2.24, 2.45) is 10.9 Å². The van der Waals surface area contributed by atoms with Gasteiger partial charge >= 0.3 is 0 Å². The molecule has 1 atom stereocenters. The van der Waals surface area contributed by atoms with E-state index in [2.05, 4.69) is 53.7 Å². The van der Waals surface area contributed by atoms with E-state index in [1.165, 1.54) is 11.1 Å². The maximum Gasteiger partial charge on any atom is 0.222 e. The molecule has 0 spiro atoms. The largest absolute Gasteiger partial charge is 0.378 e. The zero-order chi connectivity index (χ0) is 20.4. The van der Waals surface area contributed by atoms with Gasteiger partial charge in [0.2, 0.25) is 5.91 Å². The average Bonchev–Trinajstić information content (AvgIpc) is 3.08. The molecule has 1 saturated heterocycles. The minimum absolute atomic E-state index is 0. The highest BCUT2D eigenvalue weighted by Gasteiger charge is 2.20. The molecule has 2 rings (SSSR count). The number of nitrogens with zero attached hydrogens (tertiary/aromatic N) is 2. The highest BCUT2D eigenvalue weighted by atomic mass is 127. The van der Waals surface area contributed by atoms with Crippen molar-refractivity contribution in [3.63, 3.8) is 0 Å². The lowest BCUT2D eigenvalue weighted by molar-refractivity contribution is -0.128. The fourth-order valence-electron chi connectivity index (χ4n) is 3.49. The molecule has 1 fully saturated rings. The van der Waals surface area contributed by atoms with E-state index in [9.17, 15) is 4.79 Å². The number of aliphatic imine (C=N–C) groups is 1. The summed E-state index contributed by atoms with van der Waals surface area (Å²) in [6, 6.07) is 8.40. The Balaban J connectivity index is 0.00000420. The second kappa shape index (κ2) is 13.8. The van der Waals surface area contributed by atoms with Crippen LogP contribution in [0.4, 0.5) is 0 Å². The molecule has 164 valence electrons. The smallest absolute Gasteiger partial charge is 0.222 e. The van der Waals surface area contributed by atoms with Gasteiger partial charge in [-0.1, -0.05) is 38.1 Å². The number of ether oxygens (including phenoxy) is 1. The Bertz CT molecular complexity index is 651. The number of nitrogens with one attached hydrogen (secondary N) is 2. The molecule has 6 nitrogen and oxygen atoms in total. The molecule has 0 bridgehead atoms. The van der Waals surface area contributed by atoms with Crippen molar-refractivity contribution >= 4 is 35.8 Å². The molecule has 1 aromatic rings. The minimum atomic E-state index is 0. The zero-order valence-electron chi connectivity index (χ0n) is 18.2. The summed E-state index contributed by atoms with van der Waals surface area (Å²) in [6.07, 6.45) is 2.87. The molecule has 1 amide bonds. The molecule has 1 aliphatic heterocycles. The molecule has 7 heteroatoms. The van der Waals surface area contributed by atoms with Crippen LogP contribution < -0.4 is 10.6 Å². The number of hydrogen-bond donors (Lipinski definition) is 2. The van der Waals surface area contributed by atoms with Crippen molar-refractivity contribution < 1.29 is 9.53 Å². The third-order valence-electron chi connectivity index (χ3n) is 5.07. The van der Waals surface area contributed by atoms with Crippen molar-refractivity contribution in [3.05, 3.63) is 35.4 Å². The fourth-order valence-corrected chi connectivity index (χ4v) is 3.49. The molecule has 0 aliphatic carbocycles. The zero-order valence-corrected chi connectivity index (χ0v) is 20.6. The Morgan fingerprint density at radius 3 is 2.66 bits per heavy atom. The van der Waals surface area contributed by atoms with E-state index in [0.717, 1.165) is 38.5 Å². The number of carbonyl (C=O) groups is 1. The van der Waals surface area contributed by atoms with Crippen LogP contribution in [0.3, 0.4) is 0 Å². The van der Waals surface area contributed by atoms with Crippen LogP contribution in [0.25, 0.3) is 0 Å². The molecular formula is C22H37IN4O2. The first-order valence-corrected chi connectivity index (χ1v) is 10.4. The first kappa shape index (κ1) is 25.7. The monoisotopic (exact) mass is 516 g/mol. The average molecular weight is 516 g/mol. The van der Waals surface area contributed by atoms with Crippen LogP contribution in [0.15, 0.2) is 29.3 Å². The van der Waals surface area contributed by atoms with Crippen molar-refractivity contribution in [2.75, 3.05) is 26.7 Å². The van der Waals surface area contributed by atoms with E-state index in [4.69, 9.17) is 4.74 Å². The Hall–Kier alpha value is -1.35. The summed E-state index contributed by atoms with van der Waals surface area (Å²) in [5.74, 6) is 1.56. The molecule has 2 N–H and O–H groups in total. The second-order valence-electron chi connectivity index (χ2n) is 7.62. The first-order valence-electron chi connectivity index (χ1n) is 10.4. The number of hydrogen-bond acceptors (Lipinski definition) is 3. The highest BCUT2D eigenvalue weighted by Crippen LogP contribution is 2.15. The minimum Gasteiger partial charge on any atom is -0.378 e. The molecule has 1 aliphatic rings. The third kappa shape index (κ3) is 8.90. The molecule has 0 aromatic heterocycles. The third-order valence-corrected chi connectivity index (χ3v) is 5.07. The topological polar surface area (TPSA) is 66.0 Å². The summed E-state index contributed by atoms with van der Waals surface area (Å²) in [5.41, 5.74) is 2.36. The Kier molecular flexibility index (Phi) is 12.2. The molecular weight excluding hydrogens is 479 g/mol. The van der Waals surface area contributed by atoms with Crippen LogP contribution in [0.2, 0.25) is 0 Å². The van der Waals surface area contributed by atoms with Crippen molar-refractivity contribution in [3.8, 4) is 0 Å². The summed E-state index contributed by atoms with van der Waals surface area (Å²) in [4.78, 5) is 18.1. The quantitative estimate of drug-likeness (QED) is 0.284. The Morgan fingerprint density at radius 2 is 2.03 bits per heavy atom. The van der Waals surface area contributed by atoms with Gasteiger partial charge in [-0.25, -0.2) is 0 Å². The summed E-state index contributed by atoms with van der Waals surface area (Å²) >= 11 is 0. The van der Waals surface area contributed by atoms with Gasteiger partial charge in [0, 0.05) is 46.3 Å². The maximum atomic E-state index is 11.8. The molecule has 0 radical (unpaired) electrons. The first-order chi connectivity index (χ1) is 13.5. The number of amides is 1. The van der Waals surface area contributed by atoms with E-state index in [1.54, 1.807) is 7.05 Å². The van der Waals surface area contributed by atoms with Crippen molar-refractivity contribution in [1.82, 2.24) is 15.5 Å². The Morgan fingerprint density at radius 1 is 1.28 bits per heavy atom. The van der Waals surface area contributed by atoms with E-state index in [1.807, 2.05) is 11.8 Å². The number of carbonyl (C=O) groups excluding carboxylic acids is 1. The van der Waals surface area contributed by atoms with Crippen LogP contribution >= 0.6 is 24.0 Å². The predicted octanol–water partition coefficient (Wildman–Crippen LogP) is 3.54. The summed E-state index contributed by atoms with van der Waals surface area (Å²) in [6.45, 7) is 10.3. The van der Waals surface area contributed by atoms with Crippen LogP contribution in [-0.2, 0) is 22.6 Å². The van der Waals surface area contributed by atoms with Crippen molar-refractivity contribution in [2.45, 2.75) is 59.2 Å². The SMILES string of the molecule is CCOC(CCNC(=NC)NCc1cccc(CN2CCCC2=O)c1)C(C)C.I. The fraction of sp³-hybridized carbons (Fsp3) is 0.636.